The number of hydrogen-bond donors (Lipinski definition) is 1. The first-order valence-electron chi connectivity index (χ1n) is 8.33. The van der Waals surface area contributed by atoms with Crippen molar-refractivity contribution in [2.24, 2.45) is 0 Å². The van der Waals surface area contributed by atoms with E-state index in [1.165, 1.54) is 51.5 Å². The second-order valence-corrected chi connectivity index (χ2v) is 8.15. The Morgan fingerprint density at radius 2 is 1.66 bits per heavy atom. The number of benzene rings is 2. The first-order valence-corrected chi connectivity index (χ1v) is 9.77. The first kappa shape index (κ1) is 22.1. The fourth-order valence-corrected chi connectivity index (χ4v) is 3.13. The molecule has 0 atom stereocenters. The zero-order chi connectivity index (χ0) is 21.6. The number of methoxy groups -OCH3 is 1. The van der Waals surface area contributed by atoms with Gasteiger partial charge in [-0.1, -0.05) is 6.07 Å². The molecule has 2 aromatic carbocycles. The van der Waals surface area contributed by atoms with Gasteiger partial charge in [0, 0.05) is 19.7 Å². The molecule has 9 nitrogen and oxygen atoms in total. The molecule has 0 bridgehead atoms. The van der Waals surface area contributed by atoms with Gasteiger partial charge in [-0.25, -0.2) is 17.5 Å². The summed E-state index contributed by atoms with van der Waals surface area (Å²) in [5.74, 6) is -1.82. The summed E-state index contributed by atoms with van der Waals surface area (Å²) in [5, 5.41) is 2.09. The van der Waals surface area contributed by atoms with Crippen molar-refractivity contribution in [2.75, 3.05) is 27.8 Å². The van der Waals surface area contributed by atoms with Crippen molar-refractivity contribution in [3.05, 3.63) is 59.7 Å². The summed E-state index contributed by atoms with van der Waals surface area (Å²) in [7, 11) is 0.493. The second-order valence-electron chi connectivity index (χ2n) is 6.00. The van der Waals surface area contributed by atoms with Crippen LogP contribution < -0.4 is 10.1 Å². The summed E-state index contributed by atoms with van der Waals surface area (Å²) < 4.78 is 35.1. The van der Waals surface area contributed by atoms with E-state index < -0.39 is 34.4 Å². The van der Waals surface area contributed by atoms with Gasteiger partial charge in [0.15, 0.2) is 6.61 Å². The Morgan fingerprint density at radius 1 is 1.00 bits per heavy atom. The van der Waals surface area contributed by atoms with Crippen LogP contribution in [0.15, 0.2) is 53.4 Å². The molecular formula is C19H20N2O7S. The lowest BCUT2D eigenvalue weighted by Gasteiger charge is -2.12. The Bertz CT molecular complexity index is 1020. The maximum Gasteiger partial charge on any atom is 0.338 e. The number of esters is 1. The molecule has 0 spiro atoms. The molecule has 0 heterocycles. The van der Waals surface area contributed by atoms with Crippen LogP contribution in [0.3, 0.4) is 0 Å². The monoisotopic (exact) mass is 420 g/mol. The van der Waals surface area contributed by atoms with E-state index in [9.17, 15) is 22.8 Å². The van der Waals surface area contributed by atoms with E-state index in [0.717, 1.165) is 10.4 Å². The van der Waals surface area contributed by atoms with E-state index in [4.69, 9.17) is 9.47 Å². The fourth-order valence-electron chi connectivity index (χ4n) is 2.19. The topological polar surface area (TPSA) is 119 Å². The smallest absolute Gasteiger partial charge is 0.338 e. The average molecular weight is 420 g/mol. The highest BCUT2D eigenvalue weighted by atomic mass is 32.2. The number of rotatable bonds is 7. The van der Waals surface area contributed by atoms with Gasteiger partial charge >= 0.3 is 5.97 Å². The van der Waals surface area contributed by atoms with E-state index in [2.05, 4.69) is 5.32 Å². The van der Waals surface area contributed by atoms with Crippen LogP contribution in [-0.2, 0) is 19.6 Å². The van der Waals surface area contributed by atoms with E-state index in [0.29, 0.717) is 5.75 Å². The standard InChI is InChI=1S/C19H20N2O7S/c1-21(2)29(25,26)16-6-4-5-14(11-16)19(24)28-12-17(22)20-18(23)13-7-9-15(27-3)10-8-13/h4-11H,12H2,1-3H3,(H,20,22,23). The van der Waals surface area contributed by atoms with Crippen molar-refractivity contribution in [2.45, 2.75) is 4.90 Å². The first-order chi connectivity index (χ1) is 13.6. The zero-order valence-corrected chi connectivity index (χ0v) is 16.9. The van der Waals surface area contributed by atoms with E-state index in [-0.39, 0.29) is 16.0 Å². The number of carbonyl (C=O) groups is 3. The maximum atomic E-state index is 12.1. The molecule has 154 valence electrons. The predicted molar refractivity (Wildman–Crippen MR) is 103 cm³/mol. The molecule has 0 aromatic heterocycles. The summed E-state index contributed by atoms with van der Waals surface area (Å²) in [5.41, 5.74) is 0.189. The van der Waals surface area contributed by atoms with Gasteiger partial charge in [0.2, 0.25) is 10.0 Å². The van der Waals surface area contributed by atoms with Crippen LogP contribution in [0.4, 0.5) is 0 Å². The zero-order valence-electron chi connectivity index (χ0n) is 16.0. The summed E-state index contributed by atoms with van der Waals surface area (Å²) in [4.78, 5) is 35.9. The highest BCUT2D eigenvalue weighted by molar-refractivity contribution is 7.89. The third kappa shape index (κ3) is 5.62. The minimum Gasteiger partial charge on any atom is -0.497 e. The van der Waals surface area contributed by atoms with Crippen LogP contribution in [0.1, 0.15) is 20.7 Å². The molecule has 1 N–H and O–H groups in total. The van der Waals surface area contributed by atoms with E-state index >= 15 is 0 Å². The number of nitrogens with zero attached hydrogens (tertiary/aromatic N) is 1. The SMILES string of the molecule is COc1ccc(C(=O)NC(=O)COC(=O)c2cccc(S(=O)(=O)N(C)C)c2)cc1. The van der Waals surface area contributed by atoms with Crippen molar-refractivity contribution in [3.63, 3.8) is 0 Å². The summed E-state index contributed by atoms with van der Waals surface area (Å²) in [6.07, 6.45) is 0. The molecule has 0 fully saturated rings. The molecule has 0 saturated heterocycles. The Hall–Kier alpha value is -3.24. The average Bonchev–Trinajstić information content (AvgIpc) is 2.72. The molecule has 29 heavy (non-hydrogen) atoms. The van der Waals surface area contributed by atoms with Crippen molar-refractivity contribution in [1.29, 1.82) is 0 Å². The third-order valence-electron chi connectivity index (χ3n) is 3.79. The fraction of sp³-hybridized carbons (Fsp3) is 0.211. The molecule has 0 aliphatic rings. The summed E-state index contributed by atoms with van der Waals surface area (Å²) in [6, 6.07) is 11.3. The van der Waals surface area contributed by atoms with Crippen LogP contribution in [-0.4, -0.2) is 58.3 Å². The molecule has 0 saturated carbocycles. The second kappa shape index (κ2) is 9.30. The summed E-state index contributed by atoms with van der Waals surface area (Å²) in [6.45, 7) is -0.703. The van der Waals surface area contributed by atoms with Gasteiger partial charge in [0.05, 0.1) is 17.6 Å². The molecule has 0 radical (unpaired) electrons. The van der Waals surface area contributed by atoms with Crippen molar-refractivity contribution in [3.8, 4) is 5.75 Å². The molecule has 2 rings (SSSR count). The number of sulfonamides is 1. The lowest BCUT2D eigenvalue weighted by atomic mass is 10.2. The minimum absolute atomic E-state index is 0.0396. The molecule has 0 aliphatic carbocycles. The number of imide groups is 1. The Balaban J connectivity index is 1.96. The van der Waals surface area contributed by atoms with Crippen molar-refractivity contribution in [1.82, 2.24) is 9.62 Å². The highest BCUT2D eigenvalue weighted by Crippen LogP contribution is 2.15. The van der Waals surface area contributed by atoms with Crippen LogP contribution in [0.5, 0.6) is 5.75 Å². The van der Waals surface area contributed by atoms with Crippen molar-refractivity contribution < 1.29 is 32.3 Å². The molecule has 2 amide bonds. The van der Waals surface area contributed by atoms with Gasteiger partial charge in [-0.2, -0.15) is 0 Å². The van der Waals surface area contributed by atoms with E-state index in [1.807, 2.05) is 0 Å². The number of carbonyl (C=O) groups excluding carboxylic acids is 3. The largest absolute Gasteiger partial charge is 0.497 e. The van der Waals surface area contributed by atoms with Crippen LogP contribution >= 0.6 is 0 Å². The van der Waals surface area contributed by atoms with Crippen LogP contribution in [0.25, 0.3) is 0 Å². The van der Waals surface area contributed by atoms with Gasteiger partial charge in [0.25, 0.3) is 11.8 Å². The van der Waals surface area contributed by atoms with E-state index in [1.54, 1.807) is 12.1 Å². The van der Waals surface area contributed by atoms with Gasteiger partial charge in [-0.15, -0.1) is 0 Å². The lowest BCUT2D eigenvalue weighted by molar-refractivity contribution is -0.123. The maximum absolute atomic E-state index is 12.1. The van der Waals surface area contributed by atoms with Crippen molar-refractivity contribution >= 4 is 27.8 Å². The Labute approximate surface area is 168 Å². The molecule has 0 unspecified atom stereocenters. The van der Waals surface area contributed by atoms with Gasteiger partial charge < -0.3 is 9.47 Å². The lowest BCUT2D eigenvalue weighted by Crippen LogP contribution is -2.34. The predicted octanol–water partition coefficient (Wildman–Crippen LogP) is 1.06. The molecule has 10 heteroatoms. The Morgan fingerprint density at radius 3 is 2.24 bits per heavy atom. The molecule has 2 aromatic rings. The number of amides is 2. The minimum atomic E-state index is -3.72. The van der Waals surface area contributed by atoms with Gasteiger partial charge in [-0.3, -0.25) is 14.9 Å². The molecular weight excluding hydrogens is 400 g/mol. The van der Waals surface area contributed by atoms with Crippen LogP contribution in [0.2, 0.25) is 0 Å². The third-order valence-corrected chi connectivity index (χ3v) is 5.60. The highest BCUT2D eigenvalue weighted by Gasteiger charge is 2.20. The molecule has 0 aliphatic heterocycles. The summed E-state index contributed by atoms with van der Waals surface area (Å²) >= 11 is 0. The number of ether oxygens (including phenoxy) is 2. The number of nitrogens with one attached hydrogen (secondary N) is 1. The van der Waals surface area contributed by atoms with Gasteiger partial charge in [0.1, 0.15) is 5.75 Å². The van der Waals surface area contributed by atoms with Gasteiger partial charge in [-0.05, 0) is 42.5 Å². The van der Waals surface area contributed by atoms with Crippen LogP contribution in [0, 0.1) is 0 Å². The Kier molecular flexibility index (Phi) is 7.08. The normalized spacial score (nSPS) is 11.0. The number of hydrogen-bond acceptors (Lipinski definition) is 7. The quantitative estimate of drug-likeness (QED) is 0.665.